The molecule has 2 aromatic carbocycles. The van der Waals surface area contributed by atoms with Gasteiger partial charge in [-0.05, 0) is 36.4 Å². The molecule has 0 atom stereocenters. The van der Waals surface area contributed by atoms with Crippen LogP contribution in [0, 0.1) is 0 Å². The van der Waals surface area contributed by atoms with Gasteiger partial charge >= 0.3 is 0 Å². The number of amides is 1. The lowest BCUT2D eigenvalue weighted by Crippen LogP contribution is -2.40. The molecule has 0 bridgehead atoms. The van der Waals surface area contributed by atoms with E-state index in [4.69, 9.17) is 21.1 Å². The molecule has 2 heterocycles. The fourth-order valence-corrected chi connectivity index (χ4v) is 5.08. The largest absolute Gasteiger partial charge is 0.495 e. The molecule has 1 fully saturated rings. The highest BCUT2D eigenvalue weighted by atomic mass is 35.5. The van der Waals surface area contributed by atoms with Gasteiger partial charge in [-0.15, -0.1) is 0 Å². The topological polar surface area (TPSA) is 120 Å². The number of rotatable bonds is 6. The summed E-state index contributed by atoms with van der Waals surface area (Å²) >= 11 is 5.97. The van der Waals surface area contributed by atoms with E-state index in [1.807, 2.05) is 0 Å². The number of nitrogens with zero attached hydrogens (tertiary/aromatic N) is 3. The van der Waals surface area contributed by atoms with Gasteiger partial charge in [0, 0.05) is 18.1 Å². The van der Waals surface area contributed by atoms with E-state index in [1.54, 1.807) is 12.1 Å². The van der Waals surface area contributed by atoms with Crippen LogP contribution in [0.3, 0.4) is 0 Å². The minimum absolute atomic E-state index is 0.0136. The lowest BCUT2D eigenvalue weighted by Gasteiger charge is -2.26. The van der Waals surface area contributed by atoms with E-state index in [0.717, 1.165) is 4.57 Å². The Hall–Kier alpha value is -2.99. The van der Waals surface area contributed by atoms with Crippen LogP contribution in [0.2, 0.25) is 5.02 Å². The maximum Gasteiger partial charge on any atom is 0.261 e. The maximum absolute atomic E-state index is 13.0. The van der Waals surface area contributed by atoms with E-state index in [9.17, 15) is 18.0 Å². The SMILES string of the molecule is COc1ccc(S(=O)(=O)N2CCOCC2)cc1NC(=O)Cn1cnc2ccc(Cl)cc2c1=O. The number of carbonyl (C=O) groups excluding carboxylic acids is 1. The van der Waals surface area contributed by atoms with Gasteiger partial charge in [0.15, 0.2) is 0 Å². The van der Waals surface area contributed by atoms with Crippen molar-refractivity contribution < 1.29 is 22.7 Å². The predicted molar refractivity (Wildman–Crippen MR) is 122 cm³/mol. The first-order chi connectivity index (χ1) is 15.8. The normalized spacial score (nSPS) is 14.8. The molecule has 4 rings (SSSR count). The highest BCUT2D eigenvalue weighted by molar-refractivity contribution is 7.89. The zero-order valence-electron chi connectivity index (χ0n) is 17.7. The highest BCUT2D eigenvalue weighted by Crippen LogP contribution is 2.29. The first kappa shape index (κ1) is 23.2. The fraction of sp³-hybridized carbons (Fsp3) is 0.286. The summed E-state index contributed by atoms with van der Waals surface area (Å²) in [5.41, 5.74) is 0.207. The monoisotopic (exact) mass is 492 g/mol. The van der Waals surface area contributed by atoms with E-state index in [0.29, 0.717) is 23.8 Å². The molecule has 33 heavy (non-hydrogen) atoms. The van der Waals surface area contributed by atoms with Crippen molar-refractivity contribution in [2.45, 2.75) is 11.4 Å². The third-order valence-electron chi connectivity index (χ3n) is 5.15. The number of methoxy groups -OCH3 is 1. The number of hydrogen-bond acceptors (Lipinski definition) is 7. The summed E-state index contributed by atoms with van der Waals surface area (Å²) in [6.07, 6.45) is 1.27. The Bertz CT molecular complexity index is 1370. The Morgan fingerprint density at radius 3 is 2.70 bits per heavy atom. The minimum atomic E-state index is -3.77. The van der Waals surface area contributed by atoms with E-state index < -0.39 is 21.5 Å². The first-order valence-electron chi connectivity index (χ1n) is 10.00. The minimum Gasteiger partial charge on any atom is -0.495 e. The van der Waals surface area contributed by atoms with Gasteiger partial charge < -0.3 is 14.8 Å². The van der Waals surface area contributed by atoms with Crippen molar-refractivity contribution in [3.8, 4) is 5.75 Å². The quantitative estimate of drug-likeness (QED) is 0.556. The standard InChI is InChI=1S/C21H21ClN4O6S/c1-31-19-5-3-15(33(29,30)26-6-8-32-9-7-26)11-18(19)24-20(27)12-25-13-23-17-4-2-14(22)10-16(17)21(25)28/h2-5,10-11,13H,6-9,12H2,1H3,(H,24,27). The Labute approximate surface area is 194 Å². The van der Waals surface area contributed by atoms with Gasteiger partial charge in [-0.3, -0.25) is 14.2 Å². The molecular weight excluding hydrogens is 472 g/mol. The van der Waals surface area contributed by atoms with E-state index >= 15 is 0 Å². The Morgan fingerprint density at radius 1 is 1.21 bits per heavy atom. The van der Waals surface area contributed by atoms with Gasteiger partial charge in [0.05, 0.1) is 48.1 Å². The van der Waals surface area contributed by atoms with Crippen LogP contribution in [-0.2, 0) is 26.1 Å². The van der Waals surface area contributed by atoms with Crippen molar-refractivity contribution in [3.63, 3.8) is 0 Å². The molecule has 174 valence electrons. The highest BCUT2D eigenvalue weighted by Gasteiger charge is 2.27. The number of aromatic nitrogens is 2. The van der Waals surface area contributed by atoms with Crippen LogP contribution in [0.5, 0.6) is 5.75 Å². The zero-order chi connectivity index (χ0) is 23.6. The molecule has 1 aliphatic rings. The van der Waals surface area contributed by atoms with Gasteiger partial charge in [-0.25, -0.2) is 13.4 Å². The number of anilines is 1. The van der Waals surface area contributed by atoms with E-state index in [2.05, 4.69) is 10.3 Å². The second-order valence-corrected chi connectivity index (χ2v) is 9.64. The van der Waals surface area contributed by atoms with E-state index in [1.165, 1.54) is 42.0 Å². The number of hydrogen-bond donors (Lipinski definition) is 1. The molecule has 0 saturated carbocycles. The molecule has 0 unspecified atom stereocenters. The zero-order valence-corrected chi connectivity index (χ0v) is 19.2. The van der Waals surface area contributed by atoms with Gasteiger partial charge in [0.2, 0.25) is 15.9 Å². The number of ether oxygens (including phenoxy) is 2. The number of benzene rings is 2. The summed E-state index contributed by atoms with van der Waals surface area (Å²) in [4.78, 5) is 29.6. The summed E-state index contributed by atoms with van der Waals surface area (Å²) in [6, 6.07) is 8.95. The van der Waals surface area contributed by atoms with Crippen molar-refractivity contribution in [2.24, 2.45) is 0 Å². The molecule has 0 radical (unpaired) electrons. The van der Waals surface area contributed by atoms with Gasteiger partial charge in [-0.1, -0.05) is 11.6 Å². The summed E-state index contributed by atoms with van der Waals surface area (Å²) in [6.45, 7) is 0.797. The lowest BCUT2D eigenvalue weighted by atomic mass is 10.2. The number of nitrogens with one attached hydrogen (secondary N) is 1. The molecular formula is C21H21ClN4O6S. The average molecular weight is 493 g/mol. The summed E-state index contributed by atoms with van der Waals surface area (Å²) in [5, 5.41) is 3.29. The third kappa shape index (κ3) is 4.86. The number of carbonyl (C=O) groups is 1. The van der Waals surface area contributed by atoms with Crippen LogP contribution in [0.25, 0.3) is 10.9 Å². The Morgan fingerprint density at radius 2 is 1.97 bits per heavy atom. The van der Waals surface area contributed by atoms with Crippen LogP contribution >= 0.6 is 11.6 Å². The van der Waals surface area contributed by atoms with Crippen molar-refractivity contribution >= 4 is 44.1 Å². The van der Waals surface area contributed by atoms with Crippen molar-refractivity contribution in [1.29, 1.82) is 0 Å². The molecule has 0 aliphatic carbocycles. The van der Waals surface area contributed by atoms with Crippen LogP contribution in [-0.4, -0.2) is 61.6 Å². The van der Waals surface area contributed by atoms with Crippen molar-refractivity contribution in [2.75, 3.05) is 38.7 Å². The number of halogens is 1. The number of sulfonamides is 1. The molecule has 10 nitrogen and oxygen atoms in total. The molecule has 1 aromatic heterocycles. The Kier molecular flexibility index (Phi) is 6.66. The molecule has 3 aromatic rings. The molecule has 1 amide bonds. The second kappa shape index (κ2) is 9.48. The fourth-order valence-electron chi connectivity index (χ4n) is 3.47. The molecule has 0 spiro atoms. The number of fused-ring (bicyclic) bond motifs is 1. The first-order valence-corrected chi connectivity index (χ1v) is 11.8. The third-order valence-corrected chi connectivity index (χ3v) is 7.28. The second-order valence-electron chi connectivity index (χ2n) is 7.27. The molecule has 1 N–H and O–H groups in total. The summed E-state index contributed by atoms with van der Waals surface area (Å²) < 4.78 is 38.9. The van der Waals surface area contributed by atoms with Crippen molar-refractivity contribution in [1.82, 2.24) is 13.9 Å². The molecule has 1 saturated heterocycles. The van der Waals surface area contributed by atoms with Gasteiger partial charge in [0.25, 0.3) is 5.56 Å². The Balaban J connectivity index is 1.59. The average Bonchev–Trinajstić information content (AvgIpc) is 2.81. The van der Waals surface area contributed by atoms with Crippen molar-refractivity contribution in [3.05, 3.63) is 58.1 Å². The molecule has 12 heteroatoms. The van der Waals surface area contributed by atoms with Crippen LogP contribution in [0.4, 0.5) is 5.69 Å². The van der Waals surface area contributed by atoms with Crippen LogP contribution < -0.4 is 15.6 Å². The molecule has 1 aliphatic heterocycles. The van der Waals surface area contributed by atoms with Crippen LogP contribution in [0.1, 0.15) is 0 Å². The smallest absolute Gasteiger partial charge is 0.261 e. The summed E-state index contributed by atoms with van der Waals surface area (Å²) in [7, 11) is -2.37. The van der Waals surface area contributed by atoms with E-state index in [-0.39, 0.29) is 41.4 Å². The van der Waals surface area contributed by atoms with Gasteiger partial charge in [-0.2, -0.15) is 4.31 Å². The summed E-state index contributed by atoms with van der Waals surface area (Å²) in [5.74, 6) is -0.278. The number of morpholine rings is 1. The predicted octanol–water partition coefficient (Wildman–Crippen LogP) is 1.72. The lowest BCUT2D eigenvalue weighted by molar-refractivity contribution is -0.116. The van der Waals surface area contributed by atoms with Crippen LogP contribution in [0.15, 0.2) is 52.4 Å². The van der Waals surface area contributed by atoms with Gasteiger partial charge in [0.1, 0.15) is 12.3 Å². The maximum atomic E-state index is 13.0.